The van der Waals surface area contributed by atoms with Crippen molar-refractivity contribution in [2.45, 2.75) is 32.9 Å². The van der Waals surface area contributed by atoms with Gasteiger partial charge in [-0.2, -0.15) is 0 Å². The van der Waals surface area contributed by atoms with Crippen molar-refractivity contribution in [3.63, 3.8) is 0 Å². The summed E-state index contributed by atoms with van der Waals surface area (Å²) in [5, 5.41) is 3.07. The molecule has 1 aliphatic heterocycles. The van der Waals surface area contributed by atoms with E-state index in [0.717, 1.165) is 19.6 Å². The highest BCUT2D eigenvalue weighted by Gasteiger charge is 2.30. The Hall–Kier alpha value is -1.69. The van der Waals surface area contributed by atoms with Gasteiger partial charge in [-0.1, -0.05) is 0 Å². The highest BCUT2D eigenvalue weighted by atomic mass is 16.2. The zero-order valence-corrected chi connectivity index (χ0v) is 12.6. The zero-order chi connectivity index (χ0) is 14.7. The third kappa shape index (κ3) is 3.07. The van der Waals surface area contributed by atoms with Crippen molar-refractivity contribution >= 4 is 11.7 Å². The Labute approximate surface area is 120 Å². The first-order valence-corrected chi connectivity index (χ1v) is 7.10. The van der Waals surface area contributed by atoms with Gasteiger partial charge in [-0.3, -0.25) is 9.69 Å². The first-order valence-electron chi connectivity index (χ1n) is 7.10. The summed E-state index contributed by atoms with van der Waals surface area (Å²) >= 11 is 0. The van der Waals surface area contributed by atoms with Gasteiger partial charge >= 0.3 is 0 Å². The number of piperazine rings is 1. The van der Waals surface area contributed by atoms with Crippen molar-refractivity contribution in [1.29, 1.82) is 0 Å². The second kappa shape index (κ2) is 6.17. The molecule has 2 rings (SSSR count). The molecule has 0 bridgehead atoms. The quantitative estimate of drug-likeness (QED) is 0.895. The monoisotopic (exact) mass is 277 g/mol. The summed E-state index contributed by atoms with van der Waals surface area (Å²) in [6.45, 7) is 8.52. The van der Waals surface area contributed by atoms with Gasteiger partial charge in [-0.25, -0.2) is 9.97 Å². The number of rotatable bonds is 3. The van der Waals surface area contributed by atoms with E-state index in [1.54, 1.807) is 12.4 Å². The molecular weight excluding hydrogens is 254 g/mol. The van der Waals surface area contributed by atoms with Crippen LogP contribution in [0, 0.1) is 0 Å². The lowest BCUT2D eigenvalue weighted by molar-refractivity contribution is 0.0409. The van der Waals surface area contributed by atoms with Gasteiger partial charge in [0.05, 0.1) is 12.4 Å². The number of amides is 1. The van der Waals surface area contributed by atoms with Crippen LogP contribution in [-0.2, 0) is 0 Å². The minimum Gasteiger partial charge on any atom is -0.369 e. The molecule has 0 radical (unpaired) electrons. The lowest BCUT2D eigenvalue weighted by Gasteiger charge is -2.42. The maximum absolute atomic E-state index is 12.5. The van der Waals surface area contributed by atoms with E-state index in [0.29, 0.717) is 23.6 Å². The summed E-state index contributed by atoms with van der Waals surface area (Å²) in [6, 6.07) is 0.716. The van der Waals surface area contributed by atoms with Crippen LogP contribution in [0.3, 0.4) is 0 Å². The lowest BCUT2D eigenvalue weighted by atomic mass is 10.1. The molecule has 0 spiro atoms. The Morgan fingerprint density at radius 1 is 1.30 bits per heavy atom. The van der Waals surface area contributed by atoms with E-state index in [9.17, 15) is 4.79 Å². The normalized spacial score (nSPS) is 23.7. The molecular formula is C14H23N5O. The van der Waals surface area contributed by atoms with Gasteiger partial charge in [0.15, 0.2) is 0 Å². The van der Waals surface area contributed by atoms with Crippen molar-refractivity contribution in [3.05, 3.63) is 18.1 Å². The molecule has 2 heterocycles. The predicted octanol–water partition coefficient (Wildman–Crippen LogP) is 1.07. The van der Waals surface area contributed by atoms with Gasteiger partial charge in [-0.15, -0.1) is 0 Å². The van der Waals surface area contributed by atoms with E-state index in [2.05, 4.69) is 41.1 Å². The van der Waals surface area contributed by atoms with Crippen molar-refractivity contribution in [2.75, 3.05) is 32.0 Å². The van der Waals surface area contributed by atoms with Crippen molar-refractivity contribution in [3.8, 4) is 0 Å². The molecule has 1 aromatic heterocycles. The molecule has 6 heteroatoms. The fourth-order valence-corrected chi connectivity index (χ4v) is 2.44. The van der Waals surface area contributed by atoms with Crippen LogP contribution in [0.5, 0.6) is 0 Å². The average Bonchev–Trinajstić information content (AvgIpc) is 2.44. The number of hydrogen-bond acceptors (Lipinski definition) is 5. The van der Waals surface area contributed by atoms with Gasteiger partial charge in [0.25, 0.3) is 5.91 Å². The van der Waals surface area contributed by atoms with Crippen molar-refractivity contribution in [1.82, 2.24) is 19.8 Å². The Bertz CT molecular complexity index is 449. The summed E-state index contributed by atoms with van der Waals surface area (Å²) in [6.07, 6.45) is 3.16. The lowest BCUT2D eigenvalue weighted by Crippen LogP contribution is -2.56. The molecule has 20 heavy (non-hydrogen) atoms. The summed E-state index contributed by atoms with van der Waals surface area (Å²) in [5.74, 6) is 0.663. The Morgan fingerprint density at radius 2 is 1.95 bits per heavy atom. The highest BCUT2D eigenvalue weighted by molar-refractivity contribution is 5.92. The van der Waals surface area contributed by atoms with Gasteiger partial charge in [0.2, 0.25) is 0 Å². The van der Waals surface area contributed by atoms with Crippen LogP contribution in [0.4, 0.5) is 5.82 Å². The number of carbonyl (C=O) groups excluding carboxylic acids is 1. The molecule has 0 saturated carbocycles. The van der Waals surface area contributed by atoms with Gasteiger partial charge in [0.1, 0.15) is 11.5 Å². The van der Waals surface area contributed by atoms with Gasteiger partial charge in [-0.05, 0) is 27.8 Å². The Balaban J connectivity index is 2.07. The van der Waals surface area contributed by atoms with Crippen LogP contribution in [-0.4, -0.2) is 64.4 Å². The Kier molecular flexibility index (Phi) is 4.54. The summed E-state index contributed by atoms with van der Waals surface area (Å²) in [5.41, 5.74) is 0.413. The maximum atomic E-state index is 12.5. The van der Waals surface area contributed by atoms with E-state index < -0.39 is 0 Å². The minimum atomic E-state index is -0.0349. The molecule has 1 aliphatic rings. The standard InChI is InChI=1S/C14H23N5O/c1-5-15-13-7-16-12(6-17-13)14(20)19-8-10(2)18(4)11(3)9-19/h6-7,10-11H,5,8-9H2,1-4H3,(H,15,17). The van der Waals surface area contributed by atoms with Gasteiger partial charge < -0.3 is 10.2 Å². The fraction of sp³-hybridized carbons (Fsp3) is 0.643. The molecule has 1 amide bonds. The smallest absolute Gasteiger partial charge is 0.274 e. The third-order valence-corrected chi connectivity index (χ3v) is 3.88. The molecule has 1 aromatic rings. The van der Waals surface area contributed by atoms with Crippen LogP contribution >= 0.6 is 0 Å². The van der Waals surface area contributed by atoms with Gasteiger partial charge in [0, 0.05) is 31.7 Å². The predicted molar refractivity (Wildman–Crippen MR) is 78.8 cm³/mol. The molecule has 1 saturated heterocycles. The summed E-state index contributed by atoms with van der Waals surface area (Å²) in [4.78, 5) is 25.0. The zero-order valence-electron chi connectivity index (χ0n) is 12.6. The van der Waals surface area contributed by atoms with Crippen molar-refractivity contribution in [2.24, 2.45) is 0 Å². The van der Waals surface area contributed by atoms with Crippen LogP contribution in [0.1, 0.15) is 31.3 Å². The van der Waals surface area contributed by atoms with E-state index >= 15 is 0 Å². The van der Waals surface area contributed by atoms with Crippen LogP contribution in [0.15, 0.2) is 12.4 Å². The molecule has 2 unspecified atom stereocenters. The fourth-order valence-electron chi connectivity index (χ4n) is 2.44. The number of anilines is 1. The number of aromatic nitrogens is 2. The Morgan fingerprint density at radius 3 is 2.45 bits per heavy atom. The average molecular weight is 277 g/mol. The second-order valence-electron chi connectivity index (χ2n) is 5.39. The SMILES string of the molecule is CCNc1cnc(C(=O)N2CC(C)N(C)C(C)C2)cn1. The van der Waals surface area contributed by atoms with Crippen LogP contribution < -0.4 is 5.32 Å². The number of nitrogens with zero attached hydrogens (tertiary/aromatic N) is 4. The first-order chi connectivity index (χ1) is 9.52. The molecule has 6 nitrogen and oxygen atoms in total. The second-order valence-corrected chi connectivity index (χ2v) is 5.39. The van der Waals surface area contributed by atoms with E-state index in [1.807, 2.05) is 11.8 Å². The summed E-state index contributed by atoms with van der Waals surface area (Å²) < 4.78 is 0. The molecule has 110 valence electrons. The largest absolute Gasteiger partial charge is 0.369 e. The number of nitrogens with one attached hydrogen (secondary N) is 1. The molecule has 0 aromatic carbocycles. The third-order valence-electron chi connectivity index (χ3n) is 3.88. The minimum absolute atomic E-state index is 0.0349. The van der Waals surface area contributed by atoms with Crippen molar-refractivity contribution < 1.29 is 4.79 Å². The topological polar surface area (TPSA) is 61.4 Å². The molecule has 0 aliphatic carbocycles. The highest BCUT2D eigenvalue weighted by Crippen LogP contribution is 2.15. The maximum Gasteiger partial charge on any atom is 0.274 e. The molecule has 1 N–H and O–H groups in total. The number of hydrogen-bond donors (Lipinski definition) is 1. The van der Waals surface area contributed by atoms with Crippen LogP contribution in [0.2, 0.25) is 0 Å². The number of likely N-dealkylation sites (N-methyl/N-ethyl adjacent to an activating group) is 1. The first kappa shape index (κ1) is 14.7. The van der Waals surface area contributed by atoms with E-state index in [4.69, 9.17) is 0 Å². The number of carbonyl (C=O) groups is 1. The van der Waals surface area contributed by atoms with Crippen LogP contribution in [0.25, 0.3) is 0 Å². The molecule has 2 atom stereocenters. The summed E-state index contributed by atoms with van der Waals surface area (Å²) in [7, 11) is 2.10. The van der Waals surface area contributed by atoms with E-state index in [1.165, 1.54) is 0 Å². The van der Waals surface area contributed by atoms with E-state index in [-0.39, 0.29) is 5.91 Å². The molecule has 1 fully saturated rings.